The van der Waals surface area contributed by atoms with E-state index >= 15 is 0 Å². The van der Waals surface area contributed by atoms with Crippen LogP contribution in [-0.4, -0.2) is 34.2 Å². The maximum Gasteiger partial charge on any atom is 0.351 e. The molecule has 4 nitrogen and oxygen atoms in total. The van der Waals surface area contributed by atoms with E-state index in [1.54, 1.807) is 0 Å². The first kappa shape index (κ1) is 19.9. The van der Waals surface area contributed by atoms with Crippen LogP contribution in [0.3, 0.4) is 0 Å². The van der Waals surface area contributed by atoms with Crippen LogP contribution in [0.25, 0.3) is 0 Å². The van der Waals surface area contributed by atoms with Crippen LogP contribution in [-0.2, 0) is 16.5 Å². The summed E-state index contributed by atoms with van der Waals surface area (Å²) in [6.07, 6.45) is 0. The summed E-state index contributed by atoms with van der Waals surface area (Å²) in [5.41, 5.74) is 0. The van der Waals surface area contributed by atoms with Crippen molar-refractivity contribution in [1.29, 1.82) is 0 Å². The lowest BCUT2D eigenvalue weighted by Crippen LogP contribution is -2.72. The van der Waals surface area contributed by atoms with E-state index in [1.807, 2.05) is 36.4 Å². The molecule has 0 amide bonds. The molecular formula is C18H28O4Si4. The molecule has 8 heteroatoms. The molecule has 1 saturated heterocycles. The van der Waals surface area contributed by atoms with Gasteiger partial charge in [-0.05, 0) is 49.7 Å². The average molecular weight is 421 g/mol. The summed E-state index contributed by atoms with van der Waals surface area (Å²) in [5.74, 6) is 0. The molecule has 0 spiro atoms. The number of benzene rings is 2. The summed E-state index contributed by atoms with van der Waals surface area (Å²) < 4.78 is 26.9. The van der Waals surface area contributed by atoms with Crippen molar-refractivity contribution in [3.05, 3.63) is 60.7 Å². The van der Waals surface area contributed by atoms with Crippen molar-refractivity contribution in [1.82, 2.24) is 0 Å². The number of hydrogen-bond acceptors (Lipinski definition) is 4. The van der Waals surface area contributed by atoms with E-state index in [-0.39, 0.29) is 0 Å². The molecule has 2 atom stereocenters. The zero-order chi connectivity index (χ0) is 19.1. The quantitative estimate of drug-likeness (QED) is 0.698. The maximum absolute atomic E-state index is 6.93. The van der Waals surface area contributed by atoms with Gasteiger partial charge in [-0.2, -0.15) is 0 Å². The lowest BCUT2D eigenvalue weighted by molar-refractivity contribution is 0.246. The van der Waals surface area contributed by atoms with Gasteiger partial charge < -0.3 is 16.5 Å². The molecule has 140 valence electrons. The standard InChI is InChI=1S/C18H28O4Si4/c1-23(2)19-24(3,4)21-26(6,18-15-11-8-12-16-18)22-25(5,20-23)17-13-9-7-10-14-17/h7-16H,1-6H3/t25-,26+. The van der Waals surface area contributed by atoms with E-state index in [0.717, 1.165) is 10.4 Å². The van der Waals surface area contributed by atoms with Gasteiger partial charge in [-0.15, -0.1) is 0 Å². The molecular weight excluding hydrogens is 393 g/mol. The molecule has 2 aromatic rings. The minimum absolute atomic E-state index is 1.11. The van der Waals surface area contributed by atoms with Crippen molar-refractivity contribution >= 4 is 44.6 Å². The molecule has 0 aromatic heterocycles. The highest BCUT2D eigenvalue weighted by Crippen LogP contribution is 2.30. The molecule has 0 N–H and O–H groups in total. The van der Waals surface area contributed by atoms with Gasteiger partial charge in [-0.25, -0.2) is 0 Å². The van der Waals surface area contributed by atoms with Crippen LogP contribution in [0.1, 0.15) is 0 Å². The fraction of sp³-hybridized carbons (Fsp3) is 0.333. The normalized spacial score (nSPS) is 31.0. The minimum atomic E-state index is -2.72. The largest absolute Gasteiger partial charge is 0.416 e. The summed E-state index contributed by atoms with van der Waals surface area (Å²) >= 11 is 0. The molecule has 0 bridgehead atoms. The van der Waals surface area contributed by atoms with Crippen molar-refractivity contribution in [2.45, 2.75) is 39.3 Å². The van der Waals surface area contributed by atoms with Gasteiger partial charge in [-0.1, -0.05) is 60.7 Å². The Morgan fingerprint density at radius 3 is 1.15 bits per heavy atom. The molecule has 0 saturated carbocycles. The van der Waals surface area contributed by atoms with Crippen LogP contribution in [0.4, 0.5) is 0 Å². The van der Waals surface area contributed by atoms with Gasteiger partial charge in [0.2, 0.25) is 0 Å². The van der Waals surface area contributed by atoms with Crippen LogP contribution in [0.2, 0.25) is 39.3 Å². The molecule has 1 aliphatic rings. The third kappa shape index (κ3) is 4.34. The minimum Gasteiger partial charge on any atom is -0.416 e. The first-order valence-electron chi connectivity index (χ1n) is 8.95. The van der Waals surface area contributed by atoms with E-state index in [0.29, 0.717) is 0 Å². The van der Waals surface area contributed by atoms with Crippen LogP contribution < -0.4 is 10.4 Å². The average Bonchev–Trinajstić information content (AvgIpc) is 2.53. The van der Waals surface area contributed by atoms with Gasteiger partial charge in [0.1, 0.15) is 0 Å². The predicted octanol–water partition coefficient (Wildman–Crippen LogP) is 3.43. The van der Waals surface area contributed by atoms with E-state index in [2.05, 4.69) is 63.5 Å². The monoisotopic (exact) mass is 420 g/mol. The molecule has 3 rings (SSSR count). The molecule has 1 aliphatic heterocycles. The topological polar surface area (TPSA) is 36.9 Å². The summed E-state index contributed by atoms with van der Waals surface area (Å²) in [5, 5.41) is 2.23. The van der Waals surface area contributed by atoms with Crippen molar-refractivity contribution in [3.8, 4) is 0 Å². The van der Waals surface area contributed by atoms with Crippen molar-refractivity contribution in [3.63, 3.8) is 0 Å². The van der Waals surface area contributed by atoms with Gasteiger partial charge in [0, 0.05) is 0 Å². The highest BCUT2D eigenvalue weighted by Gasteiger charge is 2.55. The summed E-state index contributed by atoms with van der Waals surface area (Å²) in [7, 11) is -10.2. The zero-order valence-electron chi connectivity index (χ0n) is 16.4. The Hall–Kier alpha value is -0.852. The Balaban J connectivity index is 2.11. The highest BCUT2D eigenvalue weighted by atomic mass is 28.5. The summed E-state index contributed by atoms with van der Waals surface area (Å²) in [6, 6.07) is 20.6. The fourth-order valence-electron chi connectivity index (χ4n) is 3.70. The SMILES string of the molecule is C[Si]1(C)O[Si](C)(C)O[Si@@](C)(c2ccccc2)O[Si@@](C)(c2ccccc2)O1. The fourth-order valence-corrected chi connectivity index (χ4v) is 24.6. The van der Waals surface area contributed by atoms with Crippen molar-refractivity contribution < 1.29 is 16.5 Å². The predicted molar refractivity (Wildman–Crippen MR) is 115 cm³/mol. The van der Waals surface area contributed by atoms with E-state index in [1.165, 1.54) is 0 Å². The Bertz CT molecular complexity index is 693. The Morgan fingerprint density at radius 1 is 0.462 bits per heavy atom. The third-order valence-electron chi connectivity index (χ3n) is 4.36. The maximum atomic E-state index is 6.93. The van der Waals surface area contributed by atoms with Gasteiger partial charge in [0.25, 0.3) is 0 Å². The van der Waals surface area contributed by atoms with Gasteiger partial charge in [0.05, 0.1) is 0 Å². The Labute approximate surface area is 161 Å². The Kier molecular flexibility index (Phi) is 5.32. The van der Waals surface area contributed by atoms with E-state index in [4.69, 9.17) is 16.5 Å². The van der Waals surface area contributed by atoms with Gasteiger partial charge in [-0.3, -0.25) is 0 Å². The Morgan fingerprint density at radius 2 is 0.808 bits per heavy atom. The van der Waals surface area contributed by atoms with E-state index in [9.17, 15) is 0 Å². The van der Waals surface area contributed by atoms with Crippen LogP contribution in [0, 0.1) is 0 Å². The molecule has 0 radical (unpaired) electrons. The van der Waals surface area contributed by atoms with Crippen molar-refractivity contribution in [2.24, 2.45) is 0 Å². The second-order valence-electron chi connectivity index (χ2n) is 7.83. The second kappa shape index (κ2) is 6.95. The lowest BCUT2D eigenvalue weighted by Gasteiger charge is -2.48. The molecule has 1 fully saturated rings. The smallest absolute Gasteiger partial charge is 0.351 e. The van der Waals surface area contributed by atoms with Crippen LogP contribution in [0.5, 0.6) is 0 Å². The van der Waals surface area contributed by atoms with Gasteiger partial charge in [0.15, 0.2) is 0 Å². The van der Waals surface area contributed by atoms with Crippen LogP contribution >= 0.6 is 0 Å². The molecule has 1 heterocycles. The van der Waals surface area contributed by atoms with Crippen LogP contribution in [0.15, 0.2) is 60.7 Å². The molecule has 0 aliphatic carbocycles. The first-order valence-corrected chi connectivity index (χ1v) is 19.2. The molecule has 2 aromatic carbocycles. The molecule has 0 unspecified atom stereocenters. The van der Waals surface area contributed by atoms with Crippen molar-refractivity contribution in [2.75, 3.05) is 0 Å². The third-order valence-corrected chi connectivity index (χ3v) is 21.2. The summed E-state index contributed by atoms with van der Waals surface area (Å²) in [4.78, 5) is 0. The molecule has 26 heavy (non-hydrogen) atoms. The van der Waals surface area contributed by atoms with E-state index < -0.39 is 34.2 Å². The number of rotatable bonds is 2. The second-order valence-corrected chi connectivity index (χ2v) is 21.6. The highest BCUT2D eigenvalue weighted by molar-refractivity contribution is 7.00. The number of hydrogen-bond donors (Lipinski definition) is 0. The summed E-state index contributed by atoms with van der Waals surface area (Å²) in [6.45, 7) is 12.6. The lowest BCUT2D eigenvalue weighted by atomic mass is 10.4. The van der Waals surface area contributed by atoms with Gasteiger partial charge >= 0.3 is 34.2 Å². The first-order chi connectivity index (χ1) is 12.0. The zero-order valence-corrected chi connectivity index (χ0v) is 20.4.